The van der Waals surface area contributed by atoms with Crippen molar-refractivity contribution in [3.8, 4) is 0 Å². The SMILES string of the molecule is C.CC.CC(C)(C)C.CC(C)C.CCC.CCC(C)C.CCC(C)C.CCCC.CCCCC.CCCCCCC.Cc1ccccc1. The minimum atomic E-state index is 0. The molecule has 0 aliphatic rings. The van der Waals surface area contributed by atoms with Crippen LogP contribution in [0.4, 0.5) is 0 Å². The minimum absolute atomic E-state index is 0. The van der Waals surface area contributed by atoms with Crippen LogP contribution in [-0.2, 0) is 0 Å². The topological polar surface area (TPSA) is 0 Å². The third-order valence-electron chi connectivity index (χ3n) is 4.99. The van der Waals surface area contributed by atoms with Crippen LogP contribution in [0.25, 0.3) is 0 Å². The molecular formula is C48H110. The molecule has 0 aromatic heterocycles. The Bertz CT molecular complexity index is 450. The quantitative estimate of drug-likeness (QED) is 0.227. The summed E-state index contributed by atoms with van der Waals surface area (Å²) in [4.78, 5) is 0. The average molecular weight is 687 g/mol. The van der Waals surface area contributed by atoms with Gasteiger partial charge in [-0.2, -0.15) is 0 Å². The molecule has 48 heavy (non-hydrogen) atoms. The van der Waals surface area contributed by atoms with Crippen molar-refractivity contribution >= 4 is 0 Å². The average Bonchev–Trinajstić information content (AvgIpc) is 3.00. The molecule has 0 heteroatoms. The van der Waals surface area contributed by atoms with Crippen LogP contribution in [0.2, 0.25) is 0 Å². The molecule has 1 aromatic rings. The molecule has 0 N–H and O–H groups in total. The fourth-order valence-corrected chi connectivity index (χ4v) is 1.56. The maximum Gasteiger partial charge on any atom is -0.0398 e. The molecular weight excluding hydrogens is 577 g/mol. The molecule has 0 saturated carbocycles. The first kappa shape index (κ1) is 72.8. The molecule has 0 aliphatic heterocycles. The summed E-state index contributed by atoms with van der Waals surface area (Å²) in [7, 11) is 0. The highest BCUT2D eigenvalue weighted by Crippen LogP contribution is 2.08. The van der Waals surface area contributed by atoms with Crippen molar-refractivity contribution in [2.75, 3.05) is 0 Å². The standard InChI is InChI=1S/C7H8.C7H16.4C5H12.2C4H10.C3H8.C2H6.CH4/c1-7-5-3-2-4-6-7;1-3-5-7-6-4-2;1-5(2,3)4;2*1-4-5(2)3;1-3-5-4-2;1-4(2)3;1-3-4-2;1-3-2;1-2;/h2-6H,1H3;3-7H2,1-2H3;1-4H3;2*5H,4H2,1-3H3;3-5H2,1-2H3;4H,1-3H3;3-4H2,1-2H3;3H2,1-2H3;1-2H3;1H4. The van der Waals surface area contributed by atoms with E-state index in [0.717, 1.165) is 17.8 Å². The molecule has 0 heterocycles. The highest BCUT2D eigenvalue weighted by Gasteiger charge is 1.95. The van der Waals surface area contributed by atoms with Crippen LogP contribution in [0.15, 0.2) is 30.3 Å². The van der Waals surface area contributed by atoms with Gasteiger partial charge in [0.15, 0.2) is 0 Å². The third-order valence-corrected chi connectivity index (χ3v) is 4.99. The zero-order valence-corrected chi connectivity index (χ0v) is 38.8. The second kappa shape index (κ2) is 76.2. The number of hydrogen-bond acceptors (Lipinski definition) is 0. The Balaban J connectivity index is -0.0000000424. The van der Waals surface area contributed by atoms with E-state index in [1.54, 1.807) is 0 Å². The molecule has 1 aromatic carbocycles. The summed E-state index contributed by atoms with van der Waals surface area (Å²) < 4.78 is 0. The molecule has 0 unspecified atom stereocenters. The molecule has 0 amide bonds. The van der Waals surface area contributed by atoms with Crippen LogP contribution < -0.4 is 0 Å². The summed E-state index contributed by atoms with van der Waals surface area (Å²) in [5.74, 6) is 2.60. The number of hydrogen-bond donors (Lipinski definition) is 0. The normalized spacial score (nSPS) is 8.65. The molecule has 0 radical (unpaired) electrons. The van der Waals surface area contributed by atoms with Crippen LogP contribution in [0.5, 0.6) is 0 Å². The van der Waals surface area contributed by atoms with E-state index in [0.29, 0.717) is 5.41 Å². The van der Waals surface area contributed by atoms with E-state index in [-0.39, 0.29) is 7.43 Å². The van der Waals surface area contributed by atoms with Crippen LogP contribution in [0, 0.1) is 30.1 Å². The zero-order chi connectivity index (χ0) is 39.5. The summed E-state index contributed by atoms with van der Waals surface area (Å²) in [6.07, 6.45) is 17.6. The Hall–Kier alpha value is -0.780. The third kappa shape index (κ3) is 266. The summed E-state index contributed by atoms with van der Waals surface area (Å²) in [6, 6.07) is 10.3. The van der Waals surface area contributed by atoms with Crippen molar-refractivity contribution in [3.63, 3.8) is 0 Å². The van der Waals surface area contributed by atoms with Crippen molar-refractivity contribution in [2.45, 2.75) is 257 Å². The maximum absolute atomic E-state index is 2.25. The number of benzene rings is 1. The summed E-state index contributed by atoms with van der Waals surface area (Å²) in [5, 5.41) is 0. The fourth-order valence-electron chi connectivity index (χ4n) is 1.56. The van der Waals surface area contributed by atoms with Crippen molar-refractivity contribution in [3.05, 3.63) is 35.9 Å². The van der Waals surface area contributed by atoms with Crippen molar-refractivity contribution in [1.29, 1.82) is 0 Å². The van der Waals surface area contributed by atoms with Crippen molar-refractivity contribution in [2.24, 2.45) is 23.2 Å². The van der Waals surface area contributed by atoms with Gasteiger partial charge in [0, 0.05) is 0 Å². The first-order valence-corrected chi connectivity index (χ1v) is 20.8. The van der Waals surface area contributed by atoms with Gasteiger partial charge < -0.3 is 0 Å². The van der Waals surface area contributed by atoms with Gasteiger partial charge in [-0.3, -0.25) is 0 Å². The smallest absolute Gasteiger partial charge is 0.0398 e. The largest absolute Gasteiger partial charge is 0.0776 e. The van der Waals surface area contributed by atoms with Gasteiger partial charge in [0.2, 0.25) is 0 Å². The predicted molar refractivity (Wildman–Crippen MR) is 241 cm³/mol. The first-order valence-electron chi connectivity index (χ1n) is 20.8. The summed E-state index contributed by atoms with van der Waals surface area (Å²) >= 11 is 0. The van der Waals surface area contributed by atoms with E-state index < -0.39 is 0 Å². The lowest BCUT2D eigenvalue weighted by Gasteiger charge is -2.05. The summed E-state index contributed by atoms with van der Waals surface area (Å²) in [6.45, 7) is 52.1. The number of rotatable bonds is 9. The first-order chi connectivity index (χ1) is 21.8. The van der Waals surface area contributed by atoms with Crippen LogP contribution in [-0.4, -0.2) is 0 Å². The second-order valence-electron chi connectivity index (χ2n) is 15.1. The molecule has 1 rings (SSSR count). The molecule has 0 spiro atoms. The monoisotopic (exact) mass is 687 g/mol. The Labute approximate surface area is 315 Å². The minimum Gasteiger partial charge on any atom is -0.0776 e. The highest BCUT2D eigenvalue weighted by molar-refractivity contribution is 5.11. The van der Waals surface area contributed by atoms with E-state index in [1.165, 1.54) is 89.0 Å². The Morgan fingerprint density at radius 3 is 0.750 bits per heavy atom. The zero-order valence-electron chi connectivity index (χ0n) is 38.8. The van der Waals surface area contributed by atoms with E-state index >= 15 is 0 Å². The maximum atomic E-state index is 2.25. The van der Waals surface area contributed by atoms with Gasteiger partial charge in [-0.25, -0.2) is 0 Å². The van der Waals surface area contributed by atoms with Crippen molar-refractivity contribution < 1.29 is 0 Å². The van der Waals surface area contributed by atoms with Gasteiger partial charge >= 0.3 is 0 Å². The van der Waals surface area contributed by atoms with E-state index in [2.05, 4.69) is 164 Å². The van der Waals surface area contributed by atoms with Crippen molar-refractivity contribution in [1.82, 2.24) is 0 Å². The lowest BCUT2D eigenvalue weighted by atomic mass is 10.0. The van der Waals surface area contributed by atoms with E-state index in [4.69, 9.17) is 0 Å². The molecule has 302 valence electrons. The van der Waals surface area contributed by atoms with Gasteiger partial charge in [0.05, 0.1) is 0 Å². The molecule has 0 nitrogen and oxygen atoms in total. The van der Waals surface area contributed by atoms with Crippen LogP contribution in [0.1, 0.15) is 256 Å². The molecule has 0 atom stereocenters. The van der Waals surface area contributed by atoms with Crippen LogP contribution in [0.3, 0.4) is 0 Å². The van der Waals surface area contributed by atoms with E-state index in [1.807, 2.05) is 32.0 Å². The van der Waals surface area contributed by atoms with Gasteiger partial charge in [0.1, 0.15) is 0 Å². The fraction of sp³-hybridized carbons (Fsp3) is 0.875. The Morgan fingerprint density at radius 1 is 0.458 bits per heavy atom. The highest BCUT2D eigenvalue weighted by atomic mass is 14.0. The number of unbranched alkanes of at least 4 members (excludes halogenated alkanes) is 7. The summed E-state index contributed by atoms with van der Waals surface area (Å²) in [5.41, 5.74) is 1.82. The lowest BCUT2D eigenvalue weighted by Crippen LogP contribution is -1.93. The van der Waals surface area contributed by atoms with Gasteiger partial charge in [-0.05, 0) is 30.1 Å². The molecule has 0 aliphatic carbocycles. The van der Waals surface area contributed by atoms with E-state index in [9.17, 15) is 0 Å². The lowest BCUT2D eigenvalue weighted by molar-refractivity contribution is 0.469. The predicted octanol–water partition coefficient (Wildman–Crippen LogP) is 19.9. The van der Waals surface area contributed by atoms with Gasteiger partial charge in [-0.1, -0.05) is 286 Å². The number of aryl methyl sites for hydroxylation is 1. The van der Waals surface area contributed by atoms with Gasteiger partial charge in [-0.15, -0.1) is 0 Å². The second-order valence-corrected chi connectivity index (χ2v) is 15.1. The van der Waals surface area contributed by atoms with Gasteiger partial charge in [0.25, 0.3) is 0 Å². The molecule has 0 saturated heterocycles. The molecule has 0 bridgehead atoms. The molecule has 0 fully saturated rings. The van der Waals surface area contributed by atoms with Crippen LogP contribution >= 0.6 is 0 Å². The Kier molecular flexibility index (Phi) is 116. The Morgan fingerprint density at radius 2 is 0.667 bits per heavy atom.